The van der Waals surface area contributed by atoms with Crippen molar-refractivity contribution in [1.29, 1.82) is 0 Å². The van der Waals surface area contributed by atoms with Crippen molar-refractivity contribution < 1.29 is 9.18 Å². The molecule has 0 fully saturated rings. The Hall–Kier alpha value is -1.89. The second-order valence-electron chi connectivity index (χ2n) is 2.89. The molecule has 1 heterocycles. The van der Waals surface area contributed by atoms with Gasteiger partial charge in [0.1, 0.15) is 0 Å². The van der Waals surface area contributed by atoms with E-state index in [1.165, 1.54) is 17.2 Å². The Labute approximate surface area is 87.9 Å². The highest BCUT2D eigenvalue weighted by atomic mass is 19.1. The summed E-state index contributed by atoms with van der Waals surface area (Å²) in [6, 6.07) is 2.54. The molecule has 0 aliphatic rings. The number of hydrogen-bond acceptors (Lipinski definition) is 2. The van der Waals surface area contributed by atoms with Crippen molar-refractivity contribution in [1.82, 2.24) is 9.88 Å². The first-order chi connectivity index (χ1) is 7.19. The molecular weight excluding hydrogens is 195 g/mol. The van der Waals surface area contributed by atoms with Crippen LogP contribution in [0.25, 0.3) is 0 Å². The number of pyridine rings is 1. The zero-order valence-corrected chi connectivity index (χ0v) is 8.40. The van der Waals surface area contributed by atoms with Gasteiger partial charge in [-0.05, 0) is 19.1 Å². The van der Waals surface area contributed by atoms with Crippen molar-refractivity contribution in [3.05, 3.63) is 29.8 Å². The number of halogens is 1. The molecule has 0 radical (unpaired) electrons. The van der Waals surface area contributed by atoms with Crippen LogP contribution in [0.1, 0.15) is 17.3 Å². The maximum atomic E-state index is 12.5. The van der Waals surface area contributed by atoms with Gasteiger partial charge in [-0.1, -0.05) is 5.92 Å². The van der Waals surface area contributed by atoms with Gasteiger partial charge in [0.15, 0.2) is 0 Å². The highest BCUT2D eigenvalue weighted by Crippen LogP contribution is 2.03. The average Bonchev–Trinajstić information content (AvgIpc) is 2.26. The summed E-state index contributed by atoms with van der Waals surface area (Å²) in [6.07, 6.45) is 6.33. The third-order valence-electron chi connectivity index (χ3n) is 1.93. The minimum Gasteiger partial charge on any atom is -0.328 e. The fourth-order valence-electron chi connectivity index (χ4n) is 1.12. The topological polar surface area (TPSA) is 33.2 Å². The summed E-state index contributed by atoms with van der Waals surface area (Å²) in [7, 11) is 0. The Morgan fingerprint density at radius 2 is 2.40 bits per heavy atom. The van der Waals surface area contributed by atoms with Gasteiger partial charge in [0.05, 0.1) is 12.1 Å². The van der Waals surface area contributed by atoms with Crippen molar-refractivity contribution in [2.45, 2.75) is 6.92 Å². The molecule has 0 saturated carbocycles. The molecule has 3 nitrogen and oxygen atoms in total. The lowest BCUT2D eigenvalue weighted by Crippen LogP contribution is -2.31. The molecule has 0 aliphatic heterocycles. The fourth-order valence-corrected chi connectivity index (χ4v) is 1.12. The maximum absolute atomic E-state index is 12.5. The lowest BCUT2D eigenvalue weighted by atomic mass is 10.2. The molecule has 1 aromatic heterocycles. The lowest BCUT2D eigenvalue weighted by molar-refractivity contribution is 0.0784. The Morgan fingerprint density at radius 3 is 2.87 bits per heavy atom. The zero-order valence-electron chi connectivity index (χ0n) is 8.40. The van der Waals surface area contributed by atoms with Crippen molar-refractivity contribution in [2.24, 2.45) is 0 Å². The highest BCUT2D eigenvalue weighted by molar-refractivity contribution is 5.94. The summed E-state index contributed by atoms with van der Waals surface area (Å²) in [6.45, 7) is 2.58. The van der Waals surface area contributed by atoms with E-state index < -0.39 is 5.95 Å². The summed E-state index contributed by atoms with van der Waals surface area (Å²) in [5, 5.41) is 0. The van der Waals surface area contributed by atoms with Crippen molar-refractivity contribution in [3.63, 3.8) is 0 Å². The number of terminal acetylenes is 1. The van der Waals surface area contributed by atoms with Crippen molar-refractivity contribution in [3.8, 4) is 12.3 Å². The van der Waals surface area contributed by atoms with Crippen LogP contribution < -0.4 is 0 Å². The van der Waals surface area contributed by atoms with Crippen LogP contribution in [0, 0.1) is 18.3 Å². The van der Waals surface area contributed by atoms with E-state index in [4.69, 9.17) is 6.42 Å². The van der Waals surface area contributed by atoms with Gasteiger partial charge >= 0.3 is 0 Å². The Bertz CT molecular complexity index is 381. The summed E-state index contributed by atoms with van der Waals surface area (Å²) in [5.41, 5.74) is 0.341. The second-order valence-corrected chi connectivity index (χ2v) is 2.89. The van der Waals surface area contributed by atoms with Crippen molar-refractivity contribution in [2.75, 3.05) is 13.1 Å². The maximum Gasteiger partial charge on any atom is 0.256 e. The van der Waals surface area contributed by atoms with Gasteiger partial charge in [0.25, 0.3) is 5.91 Å². The largest absolute Gasteiger partial charge is 0.328 e. The van der Waals surface area contributed by atoms with Gasteiger partial charge in [0.2, 0.25) is 5.95 Å². The van der Waals surface area contributed by atoms with E-state index in [1.54, 1.807) is 0 Å². The number of rotatable bonds is 3. The molecule has 0 spiro atoms. The summed E-state index contributed by atoms with van der Waals surface area (Å²) >= 11 is 0. The number of carbonyl (C=O) groups is 1. The van der Waals surface area contributed by atoms with Crippen LogP contribution in [0.2, 0.25) is 0 Å². The second kappa shape index (κ2) is 5.11. The molecule has 78 valence electrons. The molecule has 1 aromatic rings. The van der Waals surface area contributed by atoms with E-state index in [0.717, 1.165) is 6.07 Å². The summed E-state index contributed by atoms with van der Waals surface area (Å²) in [5.74, 6) is 1.55. The SMILES string of the molecule is C#CCN(CC)C(=O)c1ccc(F)nc1. The Kier molecular flexibility index (Phi) is 3.81. The first kappa shape index (κ1) is 11.2. The number of carbonyl (C=O) groups excluding carboxylic acids is 1. The van der Waals surface area contributed by atoms with Crippen molar-refractivity contribution >= 4 is 5.91 Å². The average molecular weight is 206 g/mol. The predicted octanol–water partition coefficient (Wildman–Crippen LogP) is 1.32. The molecule has 0 bridgehead atoms. The van der Waals surface area contributed by atoms with Gasteiger partial charge in [-0.25, -0.2) is 4.98 Å². The molecule has 1 amide bonds. The third-order valence-corrected chi connectivity index (χ3v) is 1.93. The van der Waals surface area contributed by atoms with Gasteiger partial charge in [-0.2, -0.15) is 4.39 Å². The van der Waals surface area contributed by atoms with Gasteiger partial charge in [-0.3, -0.25) is 4.79 Å². The standard InChI is InChI=1S/C11H11FN2O/c1-3-7-14(4-2)11(15)9-5-6-10(12)13-8-9/h1,5-6,8H,4,7H2,2H3. The van der Waals surface area contributed by atoms with Crippen LogP contribution in [0.4, 0.5) is 4.39 Å². The smallest absolute Gasteiger partial charge is 0.256 e. The minimum atomic E-state index is -0.605. The van der Waals surface area contributed by atoms with Gasteiger partial charge in [0, 0.05) is 12.7 Å². The third kappa shape index (κ3) is 2.78. The molecule has 0 N–H and O–H groups in total. The zero-order chi connectivity index (χ0) is 11.3. The van der Waals surface area contributed by atoms with E-state index in [9.17, 15) is 9.18 Å². The first-order valence-corrected chi connectivity index (χ1v) is 4.53. The normalized spacial score (nSPS) is 9.40. The van der Waals surface area contributed by atoms with E-state index in [1.807, 2.05) is 6.92 Å². The molecule has 0 aromatic carbocycles. The molecule has 15 heavy (non-hydrogen) atoms. The fraction of sp³-hybridized carbons (Fsp3) is 0.273. The number of amides is 1. The highest BCUT2D eigenvalue weighted by Gasteiger charge is 2.13. The number of aromatic nitrogens is 1. The monoisotopic (exact) mass is 206 g/mol. The summed E-state index contributed by atoms with van der Waals surface area (Å²) < 4.78 is 12.5. The Balaban J connectivity index is 2.84. The van der Waals surface area contributed by atoms with E-state index in [2.05, 4.69) is 10.9 Å². The minimum absolute atomic E-state index is 0.233. The van der Waals surface area contributed by atoms with E-state index in [0.29, 0.717) is 12.1 Å². The predicted molar refractivity (Wildman–Crippen MR) is 54.6 cm³/mol. The van der Waals surface area contributed by atoms with Crippen LogP contribution in [0.5, 0.6) is 0 Å². The van der Waals surface area contributed by atoms with Crippen LogP contribution in [0.3, 0.4) is 0 Å². The molecule has 1 rings (SSSR count). The van der Waals surface area contributed by atoms with Crippen LogP contribution >= 0.6 is 0 Å². The van der Waals surface area contributed by atoms with Crippen LogP contribution in [0.15, 0.2) is 18.3 Å². The lowest BCUT2D eigenvalue weighted by Gasteiger charge is -2.17. The molecule has 0 unspecified atom stereocenters. The first-order valence-electron chi connectivity index (χ1n) is 4.53. The molecular formula is C11H11FN2O. The summed E-state index contributed by atoms with van der Waals surface area (Å²) in [4.78, 5) is 16.6. The van der Waals surface area contributed by atoms with E-state index in [-0.39, 0.29) is 12.5 Å². The Morgan fingerprint density at radius 1 is 1.67 bits per heavy atom. The molecule has 0 saturated heterocycles. The van der Waals surface area contributed by atoms with Gasteiger partial charge in [-0.15, -0.1) is 6.42 Å². The quantitative estimate of drug-likeness (QED) is 0.552. The molecule has 4 heteroatoms. The molecule has 0 atom stereocenters. The van der Waals surface area contributed by atoms with Crippen LogP contribution in [-0.4, -0.2) is 28.9 Å². The van der Waals surface area contributed by atoms with Gasteiger partial charge < -0.3 is 4.90 Å². The van der Waals surface area contributed by atoms with Crippen LogP contribution in [-0.2, 0) is 0 Å². The van der Waals surface area contributed by atoms with E-state index >= 15 is 0 Å². The number of nitrogens with zero attached hydrogens (tertiary/aromatic N) is 2. The number of hydrogen-bond donors (Lipinski definition) is 0. The molecule has 0 aliphatic carbocycles.